The molecule has 1 aliphatic heterocycles. The molecule has 0 spiro atoms. The lowest BCUT2D eigenvalue weighted by molar-refractivity contribution is -0.140. The quantitative estimate of drug-likeness (QED) is 0.587. The molecule has 7 nitrogen and oxygen atoms in total. The van der Waals surface area contributed by atoms with E-state index in [-0.39, 0.29) is 12.1 Å². The number of carbonyl (C=O) groups is 1. The maximum Gasteiger partial charge on any atom is 0.323 e. The Morgan fingerprint density at radius 2 is 2.59 bits per heavy atom. The summed E-state index contributed by atoms with van der Waals surface area (Å²) in [5.41, 5.74) is 0.897. The third-order valence-corrected chi connectivity index (χ3v) is 5.29. The van der Waals surface area contributed by atoms with Crippen LogP contribution in [0.1, 0.15) is 23.7 Å². The first-order chi connectivity index (χ1) is 10.8. The number of rotatable bonds is 6. The number of esters is 1. The van der Waals surface area contributed by atoms with Gasteiger partial charge in [0.15, 0.2) is 0 Å². The van der Waals surface area contributed by atoms with Gasteiger partial charge in [0.05, 0.1) is 19.8 Å². The van der Waals surface area contributed by atoms with E-state index in [4.69, 9.17) is 9.47 Å². The second-order valence-corrected chi connectivity index (χ2v) is 6.71. The third kappa shape index (κ3) is 3.47. The van der Waals surface area contributed by atoms with Crippen LogP contribution in [0.4, 0.5) is 0 Å². The molecule has 0 N–H and O–H groups in total. The van der Waals surface area contributed by atoms with Crippen molar-refractivity contribution in [3.63, 3.8) is 0 Å². The Hall–Kier alpha value is -1.45. The number of tetrazole rings is 1. The van der Waals surface area contributed by atoms with Crippen LogP contribution in [0.2, 0.25) is 0 Å². The summed E-state index contributed by atoms with van der Waals surface area (Å²) in [7, 11) is 1.39. The standard InChI is InChI=1S/C13H16N4O3S2/c1-19-12(18)11(9-4-6-21-8-9)22-13-14-15-16-17(13)7-10-3-2-5-20-10/h4,6,8,10-11H,2-3,5,7H2,1H3/t10-,11-/m0/s1. The van der Waals surface area contributed by atoms with Gasteiger partial charge in [-0.3, -0.25) is 4.79 Å². The van der Waals surface area contributed by atoms with E-state index in [0.717, 1.165) is 25.0 Å². The summed E-state index contributed by atoms with van der Waals surface area (Å²) in [6, 6.07) is 1.91. The van der Waals surface area contributed by atoms with Gasteiger partial charge in [-0.15, -0.1) is 5.10 Å². The number of thioether (sulfide) groups is 1. The van der Waals surface area contributed by atoms with Crippen molar-refractivity contribution < 1.29 is 14.3 Å². The summed E-state index contributed by atoms with van der Waals surface area (Å²) in [6.45, 7) is 1.39. The number of aromatic nitrogens is 4. The molecule has 118 valence electrons. The van der Waals surface area contributed by atoms with Crippen molar-refractivity contribution >= 4 is 29.1 Å². The molecule has 0 amide bonds. The van der Waals surface area contributed by atoms with Gasteiger partial charge >= 0.3 is 5.97 Å². The highest BCUT2D eigenvalue weighted by Crippen LogP contribution is 2.36. The van der Waals surface area contributed by atoms with E-state index in [1.165, 1.54) is 30.2 Å². The van der Waals surface area contributed by atoms with Crippen molar-refractivity contribution in [3.8, 4) is 0 Å². The maximum absolute atomic E-state index is 12.1. The number of hydrogen-bond donors (Lipinski definition) is 0. The van der Waals surface area contributed by atoms with Gasteiger partial charge in [0.2, 0.25) is 5.16 Å². The molecule has 0 bridgehead atoms. The third-order valence-electron chi connectivity index (χ3n) is 3.38. The Morgan fingerprint density at radius 1 is 1.68 bits per heavy atom. The molecule has 2 aromatic heterocycles. The highest BCUT2D eigenvalue weighted by atomic mass is 32.2. The van der Waals surface area contributed by atoms with Gasteiger partial charge in [-0.2, -0.15) is 11.3 Å². The molecule has 1 aliphatic rings. The predicted octanol–water partition coefficient (Wildman–Crippen LogP) is 1.92. The molecular formula is C13H16N4O3S2. The van der Waals surface area contributed by atoms with E-state index in [2.05, 4.69) is 15.5 Å². The van der Waals surface area contributed by atoms with Crippen molar-refractivity contribution in [2.24, 2.45) is 0 Å². The highest BCUT2D eigenvalue weighted by Gasteiger charge is 2.27. The fourth-order valence-electron chi connectivity index (χ4n) is 2.27. The van der Waals surface area contributed by atoms with Crippen LogP contribution in [0.3, 0.4) is 0 Å². The number of carbonyl (C=O) groups excluding carboxylic acids is 1. The van der Waals surface area contributed by atoms with Gasteiger partial charge < -0.3 is 9.47 Å². The van der Waals surface area contributed by atoms with E-state index >= 15 is 0 Å². The fraction of sp³-hybridized carbons (Fsp3) is 0.538. The lowest BCUT2D eigenvalue weighted by Gasteiger charge is -2.14. The van der Waals surface area contributed by atoms with Crippen LogP contribution in [0.15, 0.2) is 22.0 Å². The Labute approximate surface area is 136 Å². The van der Waals surface area contributed by atoms with Crippen LogP contribution in [0, 0.1) is 0 Å². The number of nitrogens with zero attached hydrogens (tertiary/aromatic N) is 4. The SMILES string of the molecule is COC(=O)[C@@H](Sc1nnnn1C[C@@H]1CCCO1)c1ccsc1. The summed E-state index contributed by atoms with van der Waals surface area (Å²) in [5.74, 6) is -0.310. The second-order valence-electron chi connectivity index (χ2n) is 4.86. The first-order valence-corrected chi connectivity index (χ1v) is 8.74. The Morgan fingerprint density at radius 3 is 3.27 bits per heavy atom. The summed E-state index contributed by atoms with van der Waals surface area (Å²) < 4.78 is 12.2. The zero-order valence-electron chi connectivity index (χ0n) is 12.0. The normalized spacial score (nSPS) is 19.2. The molecule has 3 rings (SSSR count). The lowest BCUT2D eigenvalue weighted by Crippen LogP contribution is -2.18. The summed E-state index contributed by atoms with van der Waals surface area (Å²) in [4.78, 5) is 12.1. The molecule has 3 heterocycles. The van der Waals surface area contributed by atoms with E-state index in [9.17, 15) is 4.79 Å². The van der Waals surface area contributed by atoms with Crippen molar-refractivity contribution in [2.75, 3.05) is 13.7 Å². The van der Waals surface area contributed by atoms with E-state index < -0.39 is 5.25 Å². The summed E-state index contributed by atoms with van der Waals surface area (Å²) in [5, 5.41) is 15.7. The van der Waals surface area contributed by atoms with Crippen LogP contribution in [0.5, 0.6) is 0 Å². The fourth-order valence-corrected chi connectivity index (χ4v) is 4.04. The molecule has 22 heavy (non-hydrogen) atoms. The Kier molecular flexibility index (Phi) is 5.06. The average Bonchev–Trinajstić information content (AvgIpc) is 3.27. The molecule has 0 saturated carbocycles. The van der Waals surface area contributed by atoms with Crippen LogP contribution >= 0.6 is 23.1 Å². The molecule has 0 aliphatic carbocycles. The summed E-state index contributed by atoms with van der Waals surface area (Å²) >= 11 is 2.84. The first kappa shape index (κ1) is 15.4. The molecule has 1 saturated heterocycles. The minimum absolute atomic E-state index is 0.139. The monoisotopic (exact) mass is 340 g/mol. The minimum atomic E-state index is -0.467. The van der Waals surface area contributed by atoms with Crippen molar-refractivity contribution in [1.29, 1.82) is 0 Å². The molecule has 0 unspecified atom stereocenters. The van der Waals surface area contributed by atoms with Gasteiger partial charge in [0.25, 0.3) is 0 Å². The van der Waals surface area contributed by atoms with Crippen molar-refractivity contribution in [3.05, 3.63) is 22.4 Å². The highest BCUT2D eigenvalue weighted by molar-refractivity contribution is 8.00. The maximum atomic E-state index is 12.1. The molecule has 0 radical (unpaired) electrons. The Bertz CT molecular complexity index is 611. The molecule has 9 heteroatoms. The van der Waals surface area contributed by atoms with E-state index in [1.54, 1.807) is 4.68 Å². The number of hydrogen-bond acceptors (Lipinski definition) is 8. The van der Waals surface area contributed by atoms with Gasteiger partial charge in [-0.25, -0.2) is 4.68 Å². The van der Waals surface area contributed by atoms with Gasteiger partial charge in [-0.05, 0) is 45.7 Å². The van der Waals surface area contributed by atoms with Gasteiger partial charge in [-0.1, -0.05) is 11.8 Å². The van der Waals surface area contributed by atoms with E-state index in [0.29, 0.717) is 11.7 Å². The zero-order chi connectivity index (χ0) is 15.4. The average molecular weight is 340 g/mol. The first-order valence-electron chi connectivity index (χ1n) is 6.92. The number of ether oxygens (including phenoxy) is 2. The lowest BCUT2D eigenvalue weighted by atomic mass is 10.2. The van der Waals surface area contributed by atoms with Crippen molar-refractivity contribution in [1.82, 2.24) is 20.2 Å². The van der Waals surface area contributed by atoms with Crippen LogP contribution in [-0.2, 0) is 20.8 Å². The minimum Gasteiger partial charge on any atom is -0.468 e. The summed E-state index contributed by atoms with van der Waals surface area (Å²) in [6.07, 6.45) is 2.21. The number of thiophene rings is 1. The second kappa shape index (κ2) is 7.21. The molecule has 2 aromatic rings. The molecule has 1 fully saturated rings. The Balaban J connectivity index is 1.75. The molecule has 2 atom stereocenters. The van der Waals surface area contributed by atoms with Crippen LogP contribution in [0.25, 0.3) is 0 Å². The van der Waals surface area contributed by atoms with Crippen LogP contribution < -0.4 is 0 Å². The van der Waals surface area contributed by atoms with Crippen LogP contribution in [-0.4, -0.2) is 46.0 Å². The largest absolute Gasteiger partial charge is 0.468 e. The molecular weight excluding hydrogens is 324 g/mol. The van der Waals surface area contributed by atoms with Gasteiger partial charge in [0.1, 0.15) is 5.25 Å². The predicted molar refractivity (Wildman–Crippen MR) is 81.7 cm³/mol. The topological polar surface area (TPSA) is 79.1 Å². The zero-order valence-corrected chi connectivity index (χ0v) is 13.7. The molecule has 0 aromatic carbocycles. The van der Waals surface area contributed by atoms with Crippen molar-refractivity contribution in [2.45, 2.75) is 35.9 Å². The smallest absolute Gasteiger partial charge is 0.323 e. The number of methoxy groups -OCH3 is 1. The van der Waals surface area contributed by atoms with Gasteiger partial charge in [0, 0.05) is 6.61 Å². The van der Waals surface area contributed by atoms with E-state index in [1.807, 2.05) is 16.8 Å².